The van der Waals surface area contributed by atoms with Gasteiger partial charge in [0, 0.05) is 10.0 Å². The van der Waals surface area contributed by atoms with Crippen molar-refractivity contribution in [1.29, 1.82) is 0 Å². The van der Waals surface area contributed by atoms with Crippen LogP contribution in [0.5, 0.6) is 5.75 Å². The second kappa shape index (κ2) is 11.8. The summed E-state index contributed by atoms with van der Waals surface area (Å²) in [6, 6.07) is 15.4. The lowest BCUT2D eigenvalue weighted by atomic mass is 10.1. The van der Waals surface area contributed by atoms with Gasteiger partial charge in [-0.25, -0.2) is 19.6 Å². The highest BCUT2D eigenvalue weighted by Gasteiger charge is 2.26. The Kier molecular flexibility index (Phi) is 8.81. The van der Waals surface area contributed by atoms with E-state index in [9.17, 15) is 9.59 Å². The van der Waals surface area contributed by atoms with Crippen molar-refractivity contribution in [2.75, 3.05) is 11.5 Å². The van der Waals surface area contributed by atoms with Gasteiger partial charge in [0.15, 0.2) is 11.5 Å². The molecule has 2 aromatic carbocycles. The van der Waals surface area contributed by atoms with E-state index < -0.39 is 17.7 Å². The molecule has 3 aromatic rings. The smallest absolute Gasteiger partial charge is 0.416 e. The highest BCUT2D eigenvalue weighted by atomic mass is 79.9. The fraction of sp³-hybridized carbons (Fsp3) is 0.308. The molecule has 1 aromatic heterocycles. The summed E-state index contributed by atoms with van der Waals surface area (Å²) in [6.45, 7) is 7.76. The average Bonchev–Trinajstić information content (AvgIpc) is 2.82. The summed E-state index contributed by atoms with van der Waals surface area (Å²) >= 11 is 3.49. The van der Waals surface area contributed by atoms with Crippen LogP contribution in [0.1, 0.15) is 49.3 Å². The van der Waals surface area contributed by atoms with Gasteiger partial charge in [-0.2, -0.15) is 0 Å². The predicted molar refractivity (Wildman–Crippen MR) is 135 cm³/mol. The number of halogens is 1. The lowest BCUT2D eigenvalue weighted by Gasteiger charge is -2.27. The summed E-state index contributed by atoms with van der Waals surface area (Å²) < 4.78 is 17.5. The molecule has 0 unspecified atom stereocenters. The molecule has 0 saturated heterocycles. The van der Waals surface area contributed by atoms with Crippen LogP contribution in [0.3, 0.4) is 0 Å². The van der Waals surface area contributed by atoms with Gasteiger partial charge >= 0.3 is 12.1 Å². The predicted octanol–water partition coefficient (Wildman–Crippen LogP) is 5.94. The summed E-state index contributed by atoms with van der Waals surface area (Å²) in [5.41, 5.74) is 1.08. The van der Waals surface area contributed by atoms with Gasteiger partial charge in [-0.1, -0.05) is 46.3 Å². The van der Waals surface area contributed by atoms with Crippen molar-refractivity contribution in [2.24, 2.45) is 0 Å². The summed E-state index contributed by atoms with van der Waals surface area (Å²) in [5, 5.41) is 0. The van der Waals surface area contributed by atoms with Crippen LogP contribution in [0.15, 0.2) is 65.4 Å². The first kappa shape index (κ1) is 26.2. The maximum atomic E-state index is 13.2. The molecule has 0 aliphatic heterocycles. The molecule has 0 aliphatic carbocycles. The minimum absolute atomic E-state index is 0.0501. The largest absolute Gasteiger partial charge is 0.489 e. The third-order valence-corrected chi connectivity index (χ3v) is 5.09. The molecule has 3 rings (SSSR count). The molecule has 0 fully saturated rings. The van der Waals surface area contributed by atoms with E-state index in [0.29, 0.717) is 12.4 Å². The molecular formula is C26H28BrN3O5. The fourth-order valence-electron chi connectivity index (χ4n) is 3.05. The van der Waals surface area contributed by atoms with Gasteiger partial charge in [-0.15, -0.1) is 0 Å². The number of ether oxygens (including phenoxy) is 3. The Morgan fingerprint density at radius 1 is 1.03 bits per heavy atom. The van der Waals surface area contributed by atoms with Gasteiger partial charge in [0.05, 0.1) is 25.5 Å². The standard InChI is InChI=1S/C26H28BrN3O5/c1-5-33-24(31)21-14-29-23(15-28-21)30(25(32)35-26(2,3)4)16-19-13-20(27)11-12-22(19)34-17-18-9-7-6-8-10-18/h6-15H,5,16-17H2,1-4H3. The van der Waals surface area contributed by atoms with Crippen molar-refractivity contribution in [3.05, 3.63) is 82.2 Å². The van der Waals surface area contributed by atoms with E-state index in [2.05, 4.69) is 25.9 Å². The number of nitrogens with zero attached hydrogens (tertiary/aromatic N) is 3. The fourth-order valence-corrected chi connectivity index (χ4v) is 3.45. The molecule has 9 heteroatoms. The first-order valence-corrected chi connectivity index (χ1v) is 11.9. The third kappa shape index (κ3) is 7.78. The van der Waals surface area contributed by atoms with Crippen molar-refractivity contribution in [1.82, 2.24) is 9.97 Å². The van der Waals surface area contributed by atoms with Crippen LogP contribution in [0.4, 0.5) is 10.6 Å². The van der Waals surface area contributed by atoms with Crippen LogP contribution in [0.25, 0.3) is 0 Å². The minimum atomic E-state index is -0.725. The molecule has 0 radical (unpaired) electrons. The molecule has 1 heterocycles. The van der Waals surface area contributed by atoms with Crippen LogP contribution in [-0.2, 0) is 22.6 Å². The van der Waals surface area contributed by atoms with E-state index in [1.165, 1.54) is 17.3 Å². The van der Waals surface area contributed by atoms with E-state index in [0.717, 1.165) is 15.6 Å². The zero-order valence-electron chi connectivity index (χ0n) is 20.2. The number of benzene rings is 2. The topological polar surface area (TPSA) is 90.8 Å². The number of esters is 1. The number of hydrogen-bond donors (Lipinski definition) is 0. The summed E-state index contributed by atoms with van der Waals surface area (Å²) in [7, 11) is 0. The Morgan fingerprint density at radius 3 is 2.40 bits per heavy atom. The SMILES string of the molecule is CCOC(=O)c1cnc(N(Cc2cc(Br)ccc2OCc2ccccc2)C(=O)OC(C)(C)C)cn1. The van der Waals surface area contributed by atoms with E-state index in [-0.39, 0.29) is 24.7 Å². The Morgan fingerprint density at radius 2 is 1.77 bits per heavy atom. The monoisotopic (exact) mass is 541 g/mol. The summed E-state index contributed by atoms with van der Waals surface area (Å²) in [5.74, 6) is 0.252. The molecule has 0 bridgehead atoms. The number of carbonyl (C=O) groups is 2. The number of anilines is 1. The Balaban J connectivity index is 1.90. The molecule has 0 spiro atoms. The molecule has 0 N–H and O–H groups in total. The van der Waals surface area contributed by atoms with Gasteiger partial charge in [0.25, 0.3) is 0 Å². The second-order valence-corrected chi connectivity index (χ2v) is 9.49. The van der Waals surface area contributed by atoms with Gasteiger partial charge in [0.2, 0.25) is 0 Å². The molecule has 8 nitrogen and oxygen atoms in total. The molecular weight excluding hydrogens is 514 g/mol. The molecule has 184 valence electrons. The summed E-state index contributed by atoms with van der Waals surface area (Å²) in [4.78, 5) is 34.9. The third-order valence-electron chi connectivity index (χ3n) is 4.60. The highest BCUT2D eigenvalue weighted by molar-refractivity contribution is 9.10. The number of rotatable bonds is 8. The number of amides is 1. The molecule has 0 saturated carbocycles. The van der Waals surface area contributed by atoms with Crippen molar-refractivity contribution < 1.29 is 23.8 Å². The minimum Gasteiger partial charge on any atom is -0.489 e. The highest BCUT2D eigenvalue weighted by Crippen LogP contribution is 2.28. The van der Waals surface area contributed by atoms with E-state index in [4.69, 9.17) is 14.2 Å². The van der Waals surface area contributed by atoms with Crippen molar-refractivity contribution in [3.8, 4) is 5.75 Å². The number of hydrogen-bond acceptors (Lipinski definition) is 7. The number of aromatic nitrogens is 2. The average molecular weight is 542 g/mol. The molecule has 0 atom stereocenters. The zero-order valence-corrected chi connectivity index (χ0v) is 21.7. The van der Waals surface area contributed by atoms with Gasteiger partial charge in [-0.05, 0) is 51.5 Å². The molecule has 0 aliphatic rings. The molecule has 35 heavy (non-hydrogen) atoms. The van der Waals surface area contributed by atoms with Crippen molar-refractivity contribution in [3.63, 3.8) is 0 Å². The van der Waals surface area contributed by atoms with Crippen LogP contribution in [0.2, 0.25) is 0 Å². The lowest BCUT2D eigenvalue weighted by Crippen LogP contribution is -2.37. The van der Waals surface area contributed by atoms with Crippen LogP contribution in [-0.4, -0.2) is 34.2 Å². The zero-order chi connectivity index (χ0) is 25.4. The van der Waals surface area contributed by atoms with E-state index in [1.54, 1.807) is 27.7 Å². The lowest BCUT2D eigenvalue weighted by molar-refractivity contribution is 0.0518. The normalized spacial score (nSPS) is 11.0. The Hall–Kier alpha value is -3.46. The van der Waals surface area contributed by atoms with Crippen molar-refractivity contribution >= 4 is 33.8 Å². The van der Waals surface area contributed by atoms with Gasteiger partial charge in [0.1, 0.15) is 18.0 Å². The van der Waals surface area contributed by atoms with Crippen LogP contribution in [0, 0.1) is 0 Å². The van der Waals surface area contributed by atoms with Crippen molar-refractivity contribution in [2.45, 2.75) is 46.4 Å². The van der Waals surface area contributed by atoms with Crippen LogP contribution < -0.4 is 9.64 Å². The second-order valence-electron chi connectivity index (χ2n) is 8.57. The van der Waals surface area contributed by atoms with E-state index >= 15 is 0 Å². The van der Waals surface area contributed by atoms with E-state index in [1.807, 2.05) is 48.5 Å². The maximum Gasteiger partial charge on any atom is 0.416 e. The van der Waals surface area contributed by atoms with Crippen LogP contribution >= 0.6 is 15.9 Å². The molecule has 1 amide bonds. The van der Waals surface area contributed by atoms with Gasteiger partial charge < -0.3 is 14.2 Å². The van der Waals surface area contributed by atoms with Gasteiger partial charge in [-0.3, -0.25) is 4.90 Å². The number of carbonyl (C=O) groups excluding carboxylic acids is 2. The first-order chi connectivity index (χ1) is 16.7. The maximum absolute atomic E-state index is 13.2. The Bertz CT molecular complexity index is 1150. The Labute approximate surface area is 213 Å². The summed E-state index contributed by atoms with van der Waals surface area (Å²) in [6.07, 6.45) is 2.02. The first-order valence-electron chi connectivity index (χ1n) is 11.1. The quantitative estimate of drug-likeness (QED) is 0.326.